The molecule has 0 saturated heterocycles. The van der Waals surface area contributed by atoms with E-state index in [4.69, 9.17) is 4.42 Å². The molecule has 0 N–H and O–H groups in total. The Kier molecular flexibility index (Phi) is 1.69. The Bertz CT molecular complexity index is 463. The minimum absolute atomic E-state index is 1.01. The molecule has 0 unspecified atom stereocenters. The van der Waals surface area contributed by atoms with E-state index in [1.165, 1.54) is 22.1 Å². The van der Waals surface area contributed by atoms with Crippen LogP contribution in [-0.2, 0) is 0 Å². The van der Waals surface area contributed by atoms with Crippen molar-refractivity contribution in [1.82, 2.24) is 0 Å². The van der Waals surface area contributed by atoms with Gasteiger partial charge in [0.2, 0.25) is 0 Å². The predicted molar refractivity (Wildman–Crippen MR) is 55.2 cm³/mol. The van der Waals surface area contributed by atoms with Crippen LogP contribution in [0, 0.1) is 27.7 Å². The molecule has 0 aliphatic heterocycles. The molecule has 0 atom stereocenters. The molecular weight excluding hydrogens is 160 g/mol. The number of hydrogen-bond donors (Lipinski definition) is 0. The van der Waals surface area contributed by atoms with Gasteiger partial charge in [-0.2, -0.15) is 0 Å². The van der Waals surface area contributed by atoms with Gasteiger partial charge in [-0.15, -0.1) is 0 Å². The van der Waals surface area contributed by atoms with Gasteiger partial charge in [0.1, 0.15) is 11.3 Å². The maximum Gasteiger partial charge on any atom is 0.134 e. The molecule has 1 heterocycles. The summed E-state index contributed by atoms with van der Waals surface area (Å²) in [6.07, 6.45) is 0. The van der Waals surface area contributed by atoms with Gasteiger partial charge in [-0.3, -0.25) is 0 Å². The quantitative estimate of drug-likeness (QED) is 0.594. The summed E-state index contributed by atoms with van der Waals surface area (Å²) in [5.41, 5.74) is 4.90. The highest BCUT2D eigenvalue weighted by molar-refractivity contribution is 5.83. The summed E-state index contributed by atoms with van der Waals surface area (Å²) in [5, 5.41) is 1.25. The van der Waals surface area contributed by atoms with Gasteiger partial charge in [0.05, 0.1) is 0 Å². The van der Waals surface area contributed by atoms with E-state index in [0.717, 1.165) is 11.3 Å². The highest BCUT2D eigenvalue weighted by atomic mass is 16.3. The first-order valence-electron chi connectivity index (χ1n) is 4.56. The zero-order chi connectivity index (χ0) is 9.59. The van der Waals surface area contributed by atoms with Gasteiger partial charge >= 0.3 is 0 Å². The van der Waals surface area contributed by atoms with Crippen LogP contribution >= 0.6 is 0 Å². The second kappa shape index (κ2) is 2.63. The van der Waals surface area contributed by atoms with Crippen molar-refractivity contribution in [2.45, 2.75) is 27.7 Å². The van der Waals surface area contributed by atoms with Crippen molar-refractivity contribution in [1.29, 1.82) is 0 Å². The summed E-state index contributed by atoms with van der Waals surface area (Å²) in [6, 6.07) is 4.32. The predicted octanol–water partition coefficient (Wildman–Crippen LogP) is 3.67. The lowest BCUT2D eigenvalue weighted by Crippen LogP contribution is -1.79. The van der Waals surface area contributed by atoms with E-state index in [1.807, 2.05) is 6.92 Å². The Balaban J connectivity index is 2.89. The van der Waals surface area contributed by atoms with Gasteiger partial charge in [-0.1, -0.05) is 0 Å². The molecule has 0 fully saturated rings. The minimum atomic E-state index is 1.01. The zero-order valence-electron chi connectivity index (χ0n) is 8.56. The molecule has 0 aliphatic rings. The number of fused-ring (bicyclic) bond motifs is 1. The summed E-state index contributed by atoms with van der Waals surface area (Å²) in [6.45, 7) is 8.37. The third kappa shape index (κ3) is 1.15. The van der Waals surface area contributed by atoms with Gasteiger partial charge < -0.3 is 4.42 Å². The fraction of sp³-hybridized carbons (Fsp3) is 0.333. The molecule has 0 saturated carbocycles. The lowest BCUT2D eigenvalue weighted by Gasteiger charge is -1.98. The SMILES string of the molecule is Cc1cc2oc(C)c(C)c2cc1C. The van der Waals surface area contributed by atoms with E-state index in [2.05, 4.69) is 32.9 Å². The molecule has 2 aromatic rings. The second-order valence-electron chi connectivity index (χ2n) is 3.72. The standard InChI is InChI=1S/C12H14O/c1-7-5-11-9(3)10(4)13-12(11)6-8(7)2/h5-6H,1-4H3. The van der Waals surface area contributed by atoms with E-state index < -0.39 is 0 Å². The molecule has 13 heavy (non-hydrogen) atoms. The van der Waals surface area contributed by atoms with Gasteiger partial charge in [0.15, 0.2) is 0 Å². The Morgan fingerprint density at radius 1 is 0.923 bits per heavy atom. The first kappa shape index (κ1) is 8.36. The normalized spacial score (nSPS) is 11.1. The number of furan rings is 1. The van der Waals surface area contributed by atoms with Crippen molar-refractivity contribution in [2.24, 2.45) is 0 Å². The van der Waals surface area contributed by atoms with Crippen LogP contribution in [0.15, 0.2) is 16.5 Å². The van der Waals surface area contributed by atoms with Crippen molar-refractivity contribution in [3.8, 4) is 0 Å². The summed E-state index contributed by atoms with van der Waals surface area (Å²) >= 11 is 0. The Morgan fingerprint density at radius 3 is 2.23 bits per heavy atom. The van der Waals surface area contributed by atoms with E-state index in [9.17, 15) is 0 Å². The van der Waals surface area contributed by atoms with Crippen LogP contribution in [0.1, 0.15) is 22.5 Å². The summed E-state index contributed by atoms with van der Waals surface area (Å²) in [4.78, 5) is 0. The number of benzene rings is 1. The van der Waals surface area contributed by atoms with Crippen molar-refractivity contribution in [3.63, 3.8) is 0 Å². The van der Waals surface area contributed by atoms with Gasteiger partial charge in [0.25, 0.3) is 0 Å². The van der Waals surface area contributed by atoms with Crippen molar-refractivity contribution in [2.75, 3.05) is 0 Å². The molecule has 1 aromatic carbocycles. The fourth-order valence-corrected chi connectivity index (χ4v) is 1.60. The first-order valence-corrected chi connectivity index (χ1v) is 4.56. The molecule has 2 rings (SSSR count). The Hall–Kier alpha value is -1.24. The molecule has 0 radical (unpaired) electrons. The second-order valence-corrected chi connectivity index (χ2v) is 3.72. The van der Waals surface area contributed by atoms with Crippen molar-refractivity contribution < 1.29 is 4.42 Å². The maximum absolute atomic E-state index is 5.63. The Morgan fingerprint density at radius 2 is 1.54 bits per heavy atom. The van der Waals surface area contributed by atoms with E-state index >= 15 is 0 Å². The van der Waals surface area contributed by atoms with Crippen LogP contribution < -0.4 is 0 Å². The average Bonchev–Trinajstić information content (AvgIpc) is 2.32. The first-order chi connectivity index (χ1) is 6.09. The minimum Gasteiger partial charge on any atom is -0.461 e. The van der Waals surface area contributed by atoms with Crippen molar-refractivity contribution >= 4 is 11.0 Å². The largest absolute Gasteiger partial charge is 0.461 e. The third-order valence-corrected chi connectivity index (χ3v) is 2.79. The highest BCUT2D eigenvalue weighted by Crippen LogP contribution is 2.27. The molecule has 0 spiro atoms. The van der Waals surface area contributed by atoms with Gasteiger partial charge in [-0.05, 0) is 56.5 Å². The van der Waals surface area contributed by atoms with E-state index in [-0.39, 0.29) is 0 Å². The van der Waals surface area contributed by atoms with Crippen LogP contribution in [0.3, 0.4) is 0 Å². The summed E-state index contributed by atoms with van der Waals surface area (Å²) < 4.78 is 5.63. The lowest BCUT2D eigenvalue weighted by molar-refractivity contribution is 0.575. The summed E-state index contributed by atoms with van der Waals surface area (Å²) in [5.74, 6) is 1.03. The van der Waals surface area contributed by atoms with E-state index in [0.29, 0.717) is 0 Å². The molecule has 1 aromatic heterocycles. The lowest BCUT2D eigenvalue weighted by atomic mass is 10.1. The average molecular weight is 174 g/mol. The van der Waals surface area contributed by atoms with Crippen LogP contribution in [0.25, 0.3) is 11.0 Å². The number of hydrogen-bond acceptors (Lipinski definition) is 1. The van der Waals surface area contributed by atoms with Crippen LogP contribution in [0.5, 0.6) is 0 Å². The Labute approximate surface area is 78.4 Å². The molecule has 68 valence electrons. The fourth-order valence-electron chi connectivity index (χ4n) is 1.60. The smallest absolute Gasteiger partial charge is 0.134 e. The number of rotatable bonds is 0. The van der Waals surface area contributed by atoms with Crippen LogP contribution in [0.2, 0.25) is 0 Å². The summed E-state index contributed by atoms with van der Waals surface area (Å²) in [7, 11) is 0. The topological polar surface area (TPSA) is 13.1 Å². The molecule has 0 amide bonds. The van der Waals surface area contributed by atoms with E-state index in [1.54, 1.807) is 0 Å². The molecular formula is C12H14O. The van der Waals surface area contributed by atoms with Gasteiger partial charge in [-0.25, -0.2) is 0 Å². The van der Waals surface area contributed by atoms with Crippen LogP contribution in [0.4, 0.5) is 0 Å². The molecule has 1 nitrogen and oxygen atoms in total. The third-order valence-electron chi connectivity index (χ3n) is 2.79. The highest BCUT2D eigenvalue weighted by Gasteiger charge is 2.07. The maximum atomic E-state index is 5.63. The van der Waals surface area contributed by atoms with Gasteiger partial charge in [0, 0.05) is 5.39 Å². The van der Waals surface area contributed by atoms with Crippen molar-refractivity contribution in [3.05, 3.63) is 34.6 Å². The molecule has 0 aliphatic carbocycles. The van der Waals surface area contributed by atoms with Crippen LogP contribution in [-0.4, -0.2) is 0 Å². The molecule has 0 bridgehead atoms. The number of aryl methyl sites for hydroxylation is 4. The molecule has 1 heteroatoms. The zero-order valence-corrected chi connectivity index (χ0v) is 8.56. The monoisotopic (exact) mass is 174 g/mol.